The molecule has 0 radical (unpaired) electrons. The normalized spacial score (nSPS) is 18.4. The summed E-state index contributed by atoms with van der Waals surface area (Å²) in [5.41, 5.74) is -0.185. The van der Waals surface area contributed by atoms with Crippen LogP contribution in [0.25, 0.3) is 0 Å². The van der Waals surface area contributed by atoms with Gasteiger partial charge in [0.2, 0.25) is 0 Å². The summed E-state index contributed by atoms with van der Waals surface area (Å²) in [6.07, 6.45) is 1.14. The van der Waals surface area contributed by atoms with E-state index in [4.69, 9.17) is 4.74 Å². The Morgan fingerprint density at radius 1 is 1.29 bits per heavy atom. The molecule has 0 amide bonds. The van der Waals surface area contributed by atoms with Gasteiger partial charge in [-0.15, -0.1) is 0 Å². The summed E-state index contributed by atoms with van der Waals surface area (Å²) >= 11 is 0. The molecule has 0 aromatic heterocycles. The van der Waals surface area contributed by atoms with Crippen molar-refractivity contribution in [2.45, 2.75) is 30.3 Å². The first-order valence-corrected chi connectivity index (χ1v) is 8.86. The third-order valence-corrected chi connectivity index (χ3v) is 5.72. The lowest BCUT2D eigenvalue weighted by Crippen LogP contribution is -2.46. The molecule has 21 heavy (non-hydrogen) atoms. The van der Waals surface area contributed by atoms with Crippen LogP contribution in [0.5, 0.6) is 0 Å². The van der Waals surface area contributed by atoms with E-state index in [1.54, 1.807) is 25.1 Å². The van der Waals surface area contributed by atoms with E-state index in [1.165, 1.54) is 0 Å². The van der Waals surface area contributed by atoms with Gasteiger partial charge in [0.25, 0.3) is 0 Å². The fourth-order valence-electron chi connectivity index (χ4n) is 2.63. The number of para-hydroxylation sites is 1. The summed E-state index contributed by atoms with van der Waals surface area (Å²) in [6.45, 7) is 3.11. The summed E-state index contributed by atoms with van der Waals surface area (Å²) in [6, 6.07) is 6.95. The van der Waals surface area contributed by atoms with E-state index in [2.05, 4.69) is 0 Å². The van der Waals surface area contributed by atoms with Gasteiger partial charge in [0, 0.05) is 39.6 Å². The van der Waals surface area contributed by atoms with E-state index in [9.17, 15) is 13.5 Å². The van der Waals surface area contributed by atoms with Gasteiger partial charge in [-0.2, -0.15) is 0 Å². The topological polar surface area (TPSA) is 66.8 Å². The Hall–Kier alpha value is -1.11. The Morgan fingerprint density at radius 3 is 2.52 bits per heavy atom. The Bertz CT molecular complexity index is 579. The van der Waals surface area contributed by atoms with E-state index in [1.807, 2.05) is 18.0 Å². The first-order chi connectivity index (χ1) is 9.88. The third-order valence-electron chi connectivity index (χ3n) is 3.95. The second-order valence-corrected chi connectivity index (χ2v) is 7.81. The molecule has 6 heteroatoms. The standard InChI is InChI=1S/C15H23NO4S/c1-3-21(18,19)14-7-5-4-6-13(14)16(2)12-15(17)8-10-20-11-9-15/h4-7,17H,3,8-12H2,1-2H3. The van der Waals surface area contributed by atoms with Gasteiger partial charge in [0.15, 0.2) is 9.84 Å². The number of sulfone groups is 1. The summed E-state index contributed by atoms with van der Waals surface area (Å²) in [5.74, 6) is 0.0654. The highest BCUT2D eigenvalue weighted by Crippen LogP contribution is 2.28. The van der Waals surface area contributed by atoms with Gasteiger partial charge < -0.3 is 14.7 Å². The van der Waals surface area contributed by atoms with Crippen molar-refractivity contribution in [2.75, 3.05) is 37.5 Å². The molecule has 1 aliphatic heterocycles. The van der Waals surface area contributed by atoms with E-state index in [0.29, 0.717) is 43.2 Å². The third kappa shape index (κ3) is 3.75. The molecule has 1 N–H and O–H groups in total. The van der Waals surface area contributed by atoms with Crippen LogP contribution in [0.4, 0.5) is 5.69 Å². The van der Waals surface area contributed by atoms with Crippen molar-refractivity contribution in [1.82, 2.24) is 0 Å². The average molecular weight is 313 g/mol. The Kier molecular flexibility index (Phi) is 4.91. The predicted molar refractivity (Wildman–Crippen MR) is 82.4 cm³/mol. The first kappa shape index (κ1) is 16.3. The molecule has 0 atom stereocenters. The monoisotopic (exact) mass is 313 g/mol. The second-order valence-electron chi connectivity index (χ2n) is 5.56. The van der Waals surface area contributed by atoms with Crippen molar-refractivity contribution in [3.63, 3.8) is 0 Å². The van der Waals surface area contributed by atoms with Crippen LogP contribution in [-0.4, -0.2) is 51.7 Å². The number of hydrogen-bond donors (Lipinski definition) is 1. The molecule has 0 spiro atoms. The van der Waals surface area contributed by atoms with Crippen molar-refractivity contribution in [2.24, 2.45) is 0 Å². The van der Waals surface area contributed by atoms with Crippen molar-refractivity contribution in [3.8, 4) is 0 Å². The Labute approximate surface area is 126 Å². The fraction of sp³-hybridized carbons (Fsp3) is 0.600. The van der Waals surface area contributed by atoms with E-state index >= 15 is 0 Å². The molecule has 0 aliphatic carbocycles. The van der Waals surface area contributed by atoms with Gasteiger partial charge in [-0.25, -0.2) is 8.42 Å². The molecule has 0 bridgehead atoms. The summed E-state index contributed by atoms with van der Waals surface area (Å²) < 4.78 is 29.7. The predicted octanol–water partition coefficient (Wildman–Crippen LogP) is 1.46. The maximum atomic E-state index is 12.2. The maximum Gasteiger partial charge on any atom is 0.180 e. The van der Waals surface area contributed by atoms with E-state index in [-0.39, 0.29) is 5.75 Å². The molecule has 1 aromatic rings. The van der Waals surface area contributed by atoms with Gasteiger partial charge >= 0.3 is 0 Å². The van der Waals surface area contributed by atoms with Crippen LogP contribution in [0.1, 0.15) is 19.8 Å². The average Bonchev–Trinajstić information content (AvgIpc) is 2.47. The number of benzene rings is 1. The minimum absolute atomic E-state index is 0.0654. The lowest BCUT2D eigenvalue weighted by Gasteiger charge is -2.36. The fourth-order valence-corrected chi connectivity index (χ4v) is 3.77. The number of rotatable bonds is 5. The smallest absolute Gasteiger partial charge is 0.180 e. The lowest BCUT2D eigenvalue weighted by atomic mass is 9.94. The Morgan fingerprint density at radius 2 is 1.90 bits per heavy atom. The van der Waals surface area contributed by atoms with Crippen LogP contribution >= 0.6 is 0 Å². The zero-order valence-electron chi connectivity index (χ0n) is 12.6. The van der Waals surface area contributed by atoms with E-state index < -0.39 is 15.4 Å². The van der Waals surface area contributed by atoms with Gasteiger partial charge in [-0.1, -0.05) is 19.1 Å². The van der Waals surface area contributed by atoms with Crippen LogP contribution in [-0.2, 0) is 14.6 Å². The van der Waals surface area contributed by atoms with Gasteiger partial charge in [-0.05, 0) is 12.1 Å². The molecule has 1 saturated heterocycles. The SMILES string of the molecule is CCS(=O)(=O)c1ccccc1N(C)CC1(O)CCOCC1. The van der Waals surface area contributed by atoms with Crippen molar-refractivity contribution in [1.29, 1.82) is 0 Å². The molecule has 1 aliphatic rings. The van der Waals surface area contributed by atoms with Crippen LogP contribution in [0.15, 0.2) is 29.2 Å². The minimum atomic E-state index is -3.28. The molecular weight excluding hydrogens is 290 g/mol. The molecule has 2 rings (SSSR count). The number of likely N-dealkylation sites (N-methyl/N-ethyl adjacent to an activating group) is 1. The number of nitrogens with zero attached hydrogens (tertiary/aromatic N) is 1. The highest BCUT2D eigenvalue weighted by molar-refractivity contribution is 7.91. The number of anilines is 1. The first-order valence-electron chi connectivity index (χ1n) is 7.21. The zero-order chi connectivity index (χ0) is 15.5. The van der Waals surface area contributed by atoms with Gasteiger partial charge in [0.1, 0.15) is 0 Å². The van der Waals surface area contributed by atoms with Crippen LogP contribution in [0, 0.1) is 0 Å². The minimum Gasteiger partial charge on any atom is -0.388 e. The van der Waals surface area contributed by atoms with Crippen molar-refractivity contribution in [3.05, 3.63) is 24.3 Å². The molecule has 0 saturated carbocycles. The van der Waals surface area contributed by atoms with Crippen molar-refractivity contribution >= 4 is 15.5 Å². The molecule has 0 unspecified atom stereocenters. The Balaban J connectivity index is 2.25. The number of ether oxygens (including phenoxy) is 1. The quantitative estimate of drug-likeness (QED) is 0.891. The molecule has 118 valence electrons. The zero-order valence-corrected chi connectivity index (χ0v) is 13.4. The lowest BCUT2D eigenvalue weighted by molar-refractivity contribution is -0.0573. The highest BCUT2D eigenvalue weighted by Gasteiger charge is 2.32. The molecular formula is C15H23NO4S. The highest BCUT2D eigenvalue weighted by atomic mass is 32.2. The summed E-state index contributed by atoms with van der Waals surface area (Å²) in [7, 11) is -1.47. The molecule has 5 nitrogen and oxygen atoms in total. The molecule has 1 aromatic carbocycles. The van der Waals surface area contributed by atoms with Gasteiger partial charge in [0.05, 0.1) is 21.9 Å². The maximum absolute atomic E-state index is 12.2. The largest absolute Gasteiger partial charge is 0.388 e. The molecule has 1 heterocycles. The van der Waals surface area contributed by atoms with Gasteiger partial charge in [-0.3, -0.25) is 0 Å². The van der Waals surface area contributed by atoms with Crippen LogP contribution in [0.3, 0.4) is 0 Å². The van der Waals surface area contributed by atoms with Crippen LogP contribution < -0.4 is 4.90 Å². The summed E-state index contributed by atoms with van der Waals surface area (Å²) in [5, 5.41) is 10.6. The second kappa shape index (κ2) is 6.34. The van der Waals surface area contributed by atoms with Crippen molar-refractivity contribution < 1.29 is 18.3 Å². The number of hydrogen-bond acceptors (Lipinski definition) is 5. The van der Waals surface area contributed by atoms with E-state index in [0.717, 1.165) is 0 Å². The molecule has 1 fully saturated rings. The summed E-state index contributed by atoms with van der Waals surface area (Å²) in [4.78, 5) is 2.15. The van der Waals surface area contributed by atoms with Crippen LogP contribution in [0.2, 0.25) is 0 Å². The number of aliphatic hydroxyl groups is 1.